The zero-order valence-electron chi connectivity index (χ0n) is 17.3. The molecule has 0 bridgehead atoms. The fraction of sp³-hybridized carbons (Fsp3) is 0.348. The molecule has 6 heteroatoms. The van der Waals surface area contributed by atoms with E-state index in [0.717, 1.165) is 5.56 Å². The van der Waals surface area contributed by atoms with Crippen LogP contribution in [0.2, 0.25) is 0 Å². The fourth-order valence-corrected chi connectivity index (χ4v) is 3.66. The molecule has 1 amide bonds. The normalized spacial score (nSPS) is 13.1. The van der Waals surface area contributed by atoms with E-state index in [1.807, 2.05) is 25.1 Å². The maximum absolute atomic E-state index is 12.3. The second-order valence-electron chi connectivity index (χ2n) is 7.40. The van der Waals surface area contributed by atoms with E-state index < -0.39 is 0 Å². The minimum atomic E-state index is -0.0573. The van der Waals surface area contributed by atoms with Crippen molar-refractivity contribution in [1.29, 1.82) is 0 Å². The van der Waals surface area contributed by atoms with Gasteiger partial charge in [0.1, 0.15) is 0 Å². The van der Waals surface area contributed by atoms with Crippen LogP contribution in [0.3, 0.4) is 0 Å². The molecule has 5 nitrogen and oxygen atoms in total. The third kappa shape index (κ3) is 5.94. The monoisotopic (exact) mass is 409 g/mol. The van der Waals surface area contributed by atoms with Crippen LogP contribution >= 0.6 is 11.8 Å². The van der Waals surface area contributed by atoms with Crippen LogP contribution in [0.25, 0.3) is 0 Å². The molecule has 0 aliphatic carbocycles. The van der Waals surface area contributed by atoms with Gasteiger partial charge in [-0.3, -0.25) is 4.79 Å². The molecule has 1 aromatic heterocycles. The van der Waals surface area contributed by atoms with Gasteiger partial charge in [0, 0.05) is 6.42 Å². The summed E-state index contributed by atoms with van der Waals surface area (Å²) >= 11 is 1.26. The highest BCUT2D eigenvalue weighted by molar-refractivity contribution is 7.99. The summed E-state index contributed by atoms with van der Waals surface area (Å²) in [5, 5.41) is 11.6. The van der Waals surface area contributed by atoms with Crippen molar-refractivity contribution in [3.63, 3.8) is 0 Å². The van der Waals surface area contributed by atoms with Crippen molar-refractivity contribution in [2.75, 3.05) is 5.75 Å². The van der Waals surface area contributed by atoms with E-state index in [2.05, 4.69) is 66.6 Å². The fourth-order valence-electron chi connectivity index (χ4n) is 3.07. The van der Waals surface area contributed by atoms with Crippen molar-refractivity contribution in [3.8, 4) is 0 Å². The number of nitrogens with one attached hydrogen (secondary N) is 1. The smallest absolute Gasteiger partial charge is 0.277 e. The van der Waals surface area contributed by atoms with Gasteiger partial charge in [-0.1, -0.05) is 67.2 Å². The first-order valence-corrected chi connectivity index (χ1v) is 10.8. The number of amides is 1. The van der Waals surface area contributed by atoms with Crippen molar-refractivity contribution in [3.05, 3.63) is 76.7 Å². The van der Waals surface area contributed by atoms with Crippen LogP contribution in [-0.4, -0.2) is 21.9 Å². The molecule has 0 spiro atoms. The van der Waals surface area contributed by atoms with Gasteiger partial charge in [-0.25, -0.2) is 0 Å². The molecule has 152 valence electrons. The van der Waals surface area contributed by atoms with E-state index in [1.54, 1.807) is 0 Å². The molecule has 29 heavy (non-hydrogen) atoms. The molecule has 0 aliphatic rings. The Balaban J connectivity index is 1.48. The Kier molecular flexibility index (Phi) is 7.09. The first kappa shape index (κ1) is 21.1. The maximum atomic E-state index is 12.3. The minimum Gasteiger partial charge on any atom is -0.416 e. The summed E-state index contributed by atoms with van der Waals surface area (Å²) in [6, 6.07) is 16.4. The van der Waals surface area contributed by atoms with Crippen LogP contribution in [0.15, 0.2) is 58.2 Å². The first-order chi connectivity index (χ1) is 13.9. The average molecular weight is 410 g/mol. The Morgan fingerprint density at radius 1 is 1.03 bits per heavy atom. The quantitative estimate of drug-likeness (QED) is 0.530. The summed E-state index contributed by atoms with van der Waals surface area (Å²) in [5.41, 5.74) is 4.80. The van der Waals surface area contributed by atoms with Crippen molar-refractivity contribution in [2.45, 2.75) is 51.3 Å². The summed E-state index contributed by atoms with van der Waals surface area (Å²) < 4.78 is 5.71. The Hall–Kier alpha value is -2.60. The number of rotatable bonds is 8. The van der Waals surface area contributed by atoms with Gasteiger partial charge in [0.2, 0.25) is 11.8 Å². The Morgan fingerprint density at radius 2 is 1.79 bits per heavy atom. The highest BCUT2D eigenvalue weighted by Crippen LogP contribution is 2.23. The van der Waals surface area contributed by atoms with E-state index in [0.29, 0.717) is 17.5 Å². The summed E-state index contributed by atoms with van der Waals surface area (Å²) in [7, 11) is 0. The van der Waals surface area contributed by atoms with Crippen LogP contribution in [0, 0.1) is 13.8 Å². The molecule has 0 fully saturated rings. The lowest BCUT2D eigenvalue weighted by atomic mass is 9.98. The van der Waals surface area contributed by atoms with Crippen LogP contribution < -0.4 is 5.32 Å². The number of hydrogen-bond acceptors (Lipinski definition) is 5. The van der Waals surface area contributed by atoms with Crippen LogP contribution in [0.1, 0.15) is 54.0 Å². The van der Waals surface area contributed by atoms with Gasteiger partial charge in [-0.2, -0.15) is 0 Å². The lowest BCUT2D eigenvalue weighted by molar-refractivity contribution is -0.119. The molecule has 2 unspecified atom stereocenters. The lowest BCUT2D eigenvalue weighted by Crippen LogP contribution is -2.28. The van der Waals surface area contributed by atoms with E-state index in [9.17, 15) is 4.79 Å². The minimum absolute atomic E-state index is 0.0487. The molecular weight excluding hydrogens is 382 g/mol. The van der Waals surface area contributed by atoms with Crippen molar-refractivity contribution < 1.29 is 9.21 Å². The molecular formula is C23H27N3O2S. The van der Waals surface area contributed by atoms with Crippen LogP contribution in [-0.2, 0) is 11.2 Å². The van der Waals surface area contributed by atoms with E-state index in [-0.39, 0.29) is 23.6 Å². The van der Waals surface area contributed by atoms with Crippen molar-refractivity contribution in [2.24, 2.45) is 0 Å². The Morgan fingerprint density at radius 3 is 2.52 bits per heavy atom. The van der Waals surface area contributed by atoms with Crippen LogP contribution in [0.4, 0.5) is 0 Å². The molecule has 0 saturated carbocycles. The van der Waals surface area contributed by atoms with Gasteiger partial charge in [0.15, 0.2) is 0 Å². The second kappa shape index (κ2) is 9.74. The Labute approximate surface area is 176 Å². The topological polar surface area (TPSA) is 68.0 Å². The number of thioether (sulfide) groups is 1. The van der Waals surface area contributed by atoms with Crippen molar-refractivity contribution >= 4 is 17.7 Å². The van der Waals surface area contributed by atoms with Gasteiger partial charge in [0.25, 0.3) is 5.22 Å². The number of nitrogens with zero attached hydrogens (tertiary/aromatic N) is 2. The second-order valence-corrected chi connectivity index (χ2v) is 8.33. The molecule has 3 aromatic rings. The van der Waals surface area contributed by atoms with E-state index in [4.69, 9.17) is 4.42 Å². The summed E-state index contributed by atoms with van der Waals surface area (Å²) in [6.07, 6.45) is 0.674. The molecule has 1 heterocycles. The highest BCUT2D eigenvalue weighted by Gasteiger charge is 2.15. The molecule has 0 radical (unpaired) electrons. The maximum Gasteiger partial charge on any atom is 0.277 e. The lowest BCUT2D eigenvalue weighted by Gasteiger charge is -2.15. The molecule has 3 rings (SSSR count). The number of carbonyl (C=O) groups excluding carboxylic acids is 1. The average Bonchev–Trinajstić information content (AvgIpc) is 3.16. The molecule has 0 aliphatic heterocycles. The first-order valence-electron chi connectivity index (χ1n) is 9.79. The Bertz CT molecular complexity index is 956. The third-order valence-electron chi connectivity index (χ3n) is 5.03. The molecule has 1 N–H and O–H groups in total. The number of hydrogen-bond donors (Lipinski definition) is 1. The SMILES string of the molecule is Cc1ccc(C(C)NC(=O)CSc2nnc(CC(C)c3ccccc3)o2)cc1C. The van der Waals surface area contributed by atoms with Crippen molar-refractivity contribution in [1.82, 2.24) is 15.5 Å². The van der Waals surface area contributed by atoms with Gasteiger partial charge in [-0.15, -0.1) is 10.2 Å². The van der Waals surface area contributed by atoms with E-state index >= 15 is 0 Å². The standard InChI is InChI=1S/C23H27N3O2S/c1-15-10-11-20(12-16(15)2)18(4)24-21(27)14-29-23-26-25-22(28-23)13-17(3)19-8-6-5-7-9-19/h5-12,17-18H,13-14H2,1-4H3,(H,24,27). The molecule has 2 aromatic carbocycles. The number of aryl methyl sites for hydroxylation is 2. The number of aromatic nitrogens is 2. The predicted molar refractivity (Wildman–Crippen MR) is 116 cm³/mol. The van der Waals surface area contributed by atoms with Gasteiger partial charge >= 0.3 is 0 Å². The van der Waals surface area contributed by atoms with Gasteiger partial charge in [-0.05, 0) is 48.9 Å². The van der Waals surface area contributed by atoms with Crippen LogP contribution in [0.5, 0.6) is 0 Å². The summed E-state index contributed by atoms with van der Waals surface area (Å²) in [4.78, 5) is 12.3. The predicted octanol–water partition coefficient (Wildman–Crippen LogP) is 5.00. The summed E-state index contributed by atoms with van der Waals surface area (Å²) in [6.45, 7) is 8.28. The third-order valence-corrected chi connectivity index (χ3v) is 5.85. The zero-order chi connectivity index (χ0) is 20.8. The zero-order valence-corrected chi connectivity index (χ0v) is 18.1. The number of carbonyl (C=O) groups is 1. The van der Waals surface area contributed by atoms with Gasteiger partial charge in [0.05, 0.1) is 11.8 Å². The molecule has 0 saturated heterocycles. The molecule has 2 atom stereocenters. The summed E-state index contributed by atoms with van der Waals surface area (Å²) in [5.74, 6) is 1.06. The highest BCUT2D eigenvalue weighted by atomic mass is 32.2. The van der Waals surface area contributed by atoms with Gasteiger partial charge < -0.3 is 9.73 Å². The largest absolute Gasteiger partial charge is 0.416 e. The van der Waals surface area contributed by atoms with E-state index in [1.165, 1.54) is 28.5 Å². The number of benzene rings is 2.